The highest BCUT2D eigenvalue weighted by atomic mass is 35.5. The van der Waals surface area contributed by atoms with Crippen molar-refractivity contribution in [2.24, 2.45) is 13.0 Å². The van der Waals surface area contributed by atoms with Crippen molar-refractivity contribution in [1.82, 2.24) is 23.9 Å². The first-order valence-corrected chi connectivity index (χ1v) is 12.8. The fraction of sp³-hybridized carbons (Fsp3) is 0.292. The van der Waals surface area contributed by atoms with Crippen LogP contribution in [-0.4, -0.2) is 30.5 Å². The van der Waals surface area contributed by atoms with Crippen LogP contribution in [0.3, 0.4) is 0 Å². The summed E-state index contributed by atoms with van der Waals surface area (Å²) in [5, 5.41) is 15.2. The van der Waals surface area contributed by atoms with Gasteiger partial charge in [0.2, 0.25) is 0 Å². The van der Waals surface area contributed by atoms with Crippen LogP contribution in [0.15, 0.2) is 56.1 Å². The maximum absolute atomic E-state index is 13.8. The van der Waals surface area contributed by atoms with Crippen molar-refractivity contribution >= 4 is 55.7 Å². The van der Waals surface area contributed by atoms with E-state index >= 15 is 0 Å². The average molecular weight is 541 g/mol. The number of hydrogen-bond acceptors (Lipinski definition) is 7. The van der Waals surface area contributed by atoms with Crippen LogP contribution in [0.1, 0.15) is 23.6 Å². The third-order valence-corrected chi connectivity index (χ3v) is 8.51. The lowest BCUT2D eigenvalue weighted by atomic mass is 9.84. The van der Waals surface area contributed by atoms with Gasteiger partial charge in [0.15, 0.2) is 0 Å². The number of aryl methyl sites for hydroxylation is 2. The molecule has 0 amide bonds. The molecule has 1 fully saturated rings. The van der Waals surface area contributed by atoms with E-state index in [0.29, 0.717) is 49.2 Å². The molecule has 5 heterocycles. The summed E-state index contributed by atoms with van der Waals surface area (Å²) in [6, 6.07) is 3.93. The zero-order chi connectivity index (χ0) is 25.1. The highest BCUT2D eigenvalue weighted by Crippen LogP contribution is 2.50. The van der Waals surface area contributed by atoms with Crippen LogP contribution in [0, 0.1) is 17.2 Å². The van der Waals surface area contributed by atoms with Gasteiger partial charge < -0.3 is 4.74 Å². The van der Waals surface area contributed by atoms with E-state index in [9.17, 15) is 14.9 Å². The first kappa shape index (κ1) is 23.0. The molecule has 0 spiro atoms. The summed E-state index contributed by atoms with van der Waals surface area (Å²) in [6.07, 6.45) is 7.28. The molecule has 182 valence electrons. The molecule has 1 aliphatic carbocycles. The summed E-state index contributed by atoms with van der Waals surface area (Å²) in [5.74, 6) is 0.423. The highest BCUT2D eigenvalue weighted by molar-refractivity contribution is 7.19. The fourth-order valence-electron chi connectivity index (χ4n) is 5.09. The van der Waals surface area contributed by atoms with Crippen LogP contribution in [-0.2, 0) is 18.3 Å². The number of allylic oxidation sites excluding steroid dienone is 4. The predicted molar refractivity (Wildman–Crippen MR) is 138 cm³/mol. The normalized spacial score (nSPS) is 19.4. The van der Waals surface area contributed by atoms with Gasteiger partial charge in [-0.2, -0.15) is 10.4 Å². The second-order valence-corrected chi connectivity index (χ2v) is 10.6. The zero-order valence-corrected chi connectivity index (χ0v) is 21.3. The van der Waals surface area contributed by atoms with Crippen molar-refractivity contribution in [3.63, 3.8) is 0 Å². The van der Waals surface area contributed by atoms with Gasteiger partial charge in [-0.3, -0.25) is 19.0 Å². The molecule has 0 N–H and O–H groups in total. The number of hydrogen-bond donors (Lipinski definition) is 0. The molecule has 0 radical (unpaired) electrons. The SMILES string of the molecule is Cn1ncc2cncc(-n3c(=O)c4sc(C5C(Cl)=CC(Cl)=C6OCCC65)cc4n(CCC#N)c3=O)c21. The Kier molecular flexibility index (Phi) is 5.52. The van der Waals surface area contributed by atoms with Crippen molar-refractivity contribution in [2.45, 2.75) is 25.3 Å². The lowest BCUT2D eigenvalue weighted by Crippen LogP contribution is -2.38. The van der Waals surface area contributed by atoms with Gasteiger partial charge in [-0.25, -0.2) is 9.36 Å². The molecule has 36 heavy (non-hydrogen) atoms. The molecule has 2 aliphatic rings. The van der Waals surface area contributed by atoms with E-state index in [1.165, 1.54) is 22.1 Å². The van der Waals surface area contributed by atoms with Crippen molar-refractivity contribution < 1.29 is 4.74 Å². The minimum Gasteiger partial charge on any atom is -0.496 e. The quantitative estimate of drug-likeness (QED) is 0.385. The summed E-state index contributed by atoms with van der Waals surface area (Å²) >= 11 is 14.3. The number of aromatic nitrogens is 5. The second kappa shape index (κ2) is 8.62. The third-order valence-electron chi connectivity index (χ3n) is 6.68. The third kappa shape index (κ3) is 3.34. The Morgan fingerprint density at radius 1 is 1.28 bits per heavy atom. The van der Waals surface area contributed by atoms with E-state index in [0.717, 1.165) is 15.9 Å². The maximum Gasteiger partial charge on any atom is 0.336 e. The number of ether oxygens (including phenoxy) is 1. The van der Waals surface area contributed by atoms with Crippen molar-refractivity contribution in [2.75, 3.05) is 6.61 Å². The molecule has 1 aliphatic heterocycles. The number of thiophene rings is 1. The summed E-state index contributed by atoms with van der Waals surface area (Å²) in [4.78, 5) is 32.6. The minimum absolute atomic E-state index is 0.0445. The monoisotopic (exact) mass is 540 g/mol. The molecule has 2 atom stereocenters. The molecule has 4 aromatic heterocycles. The van der Waals surface area contributed by atoms with Crippen LogP contribution < -0.4 is 11.2 Å². The van der Waals surface area contributed by atoms with Gasteiger partial charge in [0.25, 0.3) is 5.56 Å². The Balaban J connectivity index is 1.62. The molecule has 9 nitrogen and oxygen atoms in total. The first-order valence-electron chi connectivity index (χ1n) is 11.2. The van der Waals surface area contributed by atoms with Gasteiger partial charge in [-0.1, -0.05) is 23.2 Å². The highest BCUT2D eigenvalue weighted by Gasteiger charge is 2.39. The van der Waals surface area contributed by atoms with Crippen LogP contribution in [0.5, 0.6) is 0 Å². The Bertz CT molecular complexity index is 1790. The second-order valence-electron chi connectivity index (χ2n) is 8.67. The van der Waals surface area contributed by atoms with Gasteiger partial charge in [-0.15, -0.1) is 11.3 Å². The topological polar surface area (TPSA) is 108 Å². The number of halogens is 2. The van der Waals surface area contributed by atoms with Crippen LogP contribution in [0.2, 0.25) is 0 Å². The predicted octanol–water partition coefficient (Wildman–Crippen LogP) is 4.12. The maximum atomic E-state index is 13.8. The van der Waals surface area contributed by atoms with E-state index in [1.807, 2.05) is 6.07 Å². The van der Waals surface area contributed by atoms with Gasteiger partial charge >= 0.3 is 5.69 Å². The van der Waals surface area contributed by atoms with Gasteiger partial charge in [0.05, 0.1) is 53.2 Å². The molecule has 6 rings (SSSR count). The lowest BCUT2D eigenvalue weighted by Gasteiger charge is -2.25. The lowest BCUT2D eigenvalue weighted by molar-refractivity contribution is 0.255. The Hall–Kier alpha value is -3.39. The van der Waals surface area contributed by atoms with E-state index in [-0.39, 0.29) is 24.8 Å². The Labute approximate surface area is 218 Å². The van der Waals surface area contributed by atoms with Gasteiger partial charge in [0.1, 0.15) is 10.5 Å². The molecular formula is C24H18Cl2N6O3S. The molecule has 12 heteroatoms. The number of rotatable bonds is 4. The number of fused-ring (bicyclic) bond motifs is 3. The number of nitriles is 1. The molecule has 0 aromatic carbocycles. The first-order chi connectivity index (χ1) is 17.4. The molecule has 4 aromatic rings. The average Bonchev–Trinajstić information content (AvgIpc) is 3.59. The Morgan fingerprint density at radius 3 is 2.92 bits per heavy atom. The van der Waals surface area contributed by atoms with Crippen molar-refractivity contribution in [3.8, 4) is 11.8 Å². The van der Waals surface area contributed by atoms with Crippen LogP contribution in [0.25, 0.3) is 26.8 Å². The van der Waals surface area contributed by atoms with Crippen LogP contribution >= 0.6 is 34.5 Å². The van der Waals surface area contributed by atoms with Crippen molar-refractivity contribution in [3.05, 3.63) is 72.3 Å². The van der Waals surface area contributed by atoms with Gasteiger partial charge in [-0.05, 0) is 18.6 Å². The number of pyridine rings is 1. The minimum atomic E-state index is -0.541. The fourth-order valence-corrected chi connectivity index (χ4v) is 7.18. The zero-order valence-electron chi connectivity index (χ0n) is 18.9. The standard InChI is InChI=1S/C24H18Cl2N6O3S/c1-30-20-12(10-29-30)9-28-11-17(20)32-23(33)22-16(31(24(32)34)5-2-4-27)8-18(36-22)19-13-3-6-35-21(13)15(26)7-14(19)25/h7-11,13,19H,2-3,5-6H2,1H3. The molecule has 0 bridgehead atoms. The van der Waals surface area contributed by atoms with E-state index in [1.54, 1.807) is 30.2 Å². The summed E-state index contributed by atoms with van der Waals surface area (Å²) in [7, 11) is 1.74. The molecule has 1 saturated heterocycles. The van der Waals surface area contributed by atoms with Crippen LogP contribution in [0.4, 0.5) is 0 Å². The smallest absolute Gasteiger partial charge is 0.336 e. The summed E-state index contributed by atoms with van der Waals surface area (Å²) < 4.78 is 10.4. The van der Waals surface area contributed by atoms with Crippen molar-refractivity contribution in [1.29, 1.82) is 5.26 Å². The summed E-state index contributed by atoms with van der Waals surface area (Å²) in [6.45, 7) is 0.672. The molecule has 2 unspecified atom stereocenters. The molecule has 0 saturated carbocycles. The Morgan fingerprint density at radius 2 is 2.11 bits per heavy atom. The van der Waals surface area contributed by atoms with E-state index < -0.39 is 11.2 Å². The number of nitrogens with zero attached hydrogens (tertiary/aromatic N) is 6. The van der Waals surface area contributed by atoms with E-state index in [4.69, 9.17) is 27.9 Å². The summed E-state index contributed by atoms with van der Waals surface area (Å²) in [5.41, 5.74) is 0.426. The van der Waals surface area contributed by atoms with E-state index in [2.05, 4.69) is 16.2 Å². The largest absolute Gasteiger partial charge is 0.496 e. The van der Waals surface area contributed by atoms with Gasteiger partial charge in [0, 0.05) is 46.9 Å². The molecular weight excluding hydrogens is 523 g/mol.